The van der Waals surface area contributed by atoms with Crippen LogP contribution < -0.4 is 9.80 Å². The number of anilines is 6. The summed E-state index contributed by atoms with van der Waals surface area (Å²) in [6, 6.07) is 160. The highest BCUT2D eigenvalue weighted by molar-refractivity contribution is 7.26. The third-order valence-electron chi connectivity index (χ3n) is 24.6. The van der Waals surface area contributed by atoms with Crippen molar-refractivity contribution in [1.29, 1.82) is 0 Å². The highest BCUT2D eigenvalue weighted by Crippen LogP contribution is 2.49. The number of para-hydroxylation sites is 2. The van der Waals surface area contributed by atoms with E-state index in [4.69, 9.17) is 8.83 Å². The highest BCUT2D eigenvalue weighted by Gasteiger charge is 2.23. The van der Waals surface area contributed by atoms with Crippen molar-refractivity contribution in [2.24, 2.45) is 0 Å². The molecule has 20 aromatic carbocycles. The van der Waals surface area contributed by atoms with Gasteiger partial charge in [-0.15, -0.1) is 22.7 Å². The smallest absolute Gasteiger partial charge is 0.143 e. The van der Waals surface area contributed by atoms with Gasteiger partial charge in [-0.1, -0.05) is 297 Å². The van der Waals surface area contributed by atoms with E-state index in [9.17, 15) is 0 Å². The summed E-state index contributed by atoms with van der Waals surface area (Å²) in [6.45, 7) is 0. The van der Waals surface area contributed by atoms with Gasteiger partial charge in [0, 0.05) is 102 Å². The normalized spacial score (nSPS) is 11.8. The molecule has 0 aliphatic rings. The number of nitrogens with zero attached hydrogens (tertiary/aromatic N) is 2. The van der Waals surface area contributed by atoms with Crippen molar-refractivity contribution in [3.63, 3.8) is 0 Å². The summed E-state index contributed by atoms with van der Waals surface area (Å²) in [6.07, 6.45) is 0. The fraction of sp³-hybridized carbons (Fsp3) is 0. The van der Waals surface area contributed by atoms with Crippen LogP contribution in [0.3, 0.4) is 0 Å². The van der Waals surface area contributed by atoms with E-state index in [2.05, 4.69) is 434 Å². The predicted molar refractivity (Wildman–Crippen MR) is 520 cm³/mol. The van der Waals surface area contributed by atoms with Gasteiger partial charge in [-0.3, -0.25) is 0 Å². The van der Waals surface area contributed by atoms with Crippen molar-refractivity contribution >= 4 is 163 Å². The number of hydrogen-bond acceptors (Lipinski definition) is 6. The Morgan fingerprint density at radius 3 is 1.13 bits per heavy atom. The lowest BCUT2D eigenvalue weighted by molar-refractivity contribution is 0.669. The molecule has 570 valence electrons. The second-order valence-corrected chi connectivity index (χ2v) is 33.9. The van der Waals surface area contributed by atoms with Crippen molar-refractivity contribution < 1.29 is 8.83 Å². The molecule has 6 heteroatoms. The standard InChI is InChI=1S/C116H72N2O2S2/c1-3-19-79-65-85(43-41-73(79)17-1)75-45-55-91(56-46-75)117(93-59-49-77(50-60-93)87-53-63-102-101-29-5-7-38-108(101)119-110(102)72-87)95-27-11-23-83(69-95)82-22-10-26-89(68-82)100-34-15-36-105-107-71-90(54-64-112(107)122-116(100)105)97-31-16-39-109-113(97)106-37-13-32-98(114(106)120-109)78-51-61-94(62-52-78)118(92-57-47-76(48-58-92)86-44-42-74-18-2-4-20-80(74)66-86)96-28-12-24-84(70-96)81-21-9-25-88(67-81)99-33-14-35-104-103-30-6-8-40-111(103)121-115(99)104/h1-72H. The molecule has 0 saturated carbocycles. The van der Waals surface area contributed by atoms with E-state index in [1.54, 1.807) is 0 Å². The lowest BCUT2D eigenvalue weighted by Gasteiger charge is -2.26. The zero-order valence-corrected chi connectivity index (χ0v) is 67.7. The zero-order chi connectivity index (χ0) is 80.3. The molecule has 4 nitrogen and oxygen atoms in total. The van der Waals surface area contributed by atoms with Crippen molar-refractivity contribution in [2.75, 3.05) is 9.80 Å². The van der Waals surface area contributed by atoms with E-state index >= 15 is 0 Å². The molecule has 24 rings (SSSR count). The average molecular weight is 1590 g/mol. The maximum Gasteiger partial charge on any atom is 0.143 e. The number of furan rings is 2. The number of rotatable bonds is 15. The van der Waals surface area contributed by atoms with Crippen LogP contribution in [0.2, 0.25) is 0 Å². The van der Waals surface area contributed by atoms with Crippen LogP contribution in [0.15, 0.2) is 446 Å². The van der Waals surface area contributed by atoms with Crippen molar-refractivity contribution in [3.05, 3.63) is 437 Å². The van der Waals surface area contributed by atoms with E-state index in [-0.39, 0.29) is 0 Å². The average Bonchev–Trinajstić information content (AvgIpc) is 1.57. The van der Waals surface area contributed by atoms with Gasteiger partial charge in [0.2, 0.25) is 0 Å². The molecule has 0 N–H and O–H groups in total. The Morgan fingerprint density at radius 2 is 0.549 bits per heavy atom. The molecular formula is C116H72N2O2S2. The molecule has 0 saturated heterocycles. The van der Waals surface area contributed by atoms with Gasteiger partial charge in [0.15, 0.2) is 0 Å². The van der Waals surface area contributed by atoms with Gasteiger partial charge in [0.1, 0.15) is 22.3 Å². The summed E-state index contributed by atoms with van der Waals surface area (Å²) in [4.78, 5) is 4.76. The summed E-state index contributed by atoms with van der Waals surface area (Å²) in [5.41, 5.74) is 30.6. The van der Waals surface area contributed by atoms with Crippen molar-refractivity contribution in [1.82, 2.24) is 0 Å². The molecule has 0 aliphatic heterocycles. The first-order chi connectivity index (χ1) is 60.4. The largest absolute Gasteiger partial charge is 0.456 e. The maximum atomic E-state index is 7.07. The topological polar surface area (TPSA) is 32.8 Å². The van der Waals surface area contributed by atoms with Crippen LogP contribution in [0.5, 0.6) is 0 Å². The first-order valence-electron chi connectivity index (χ1n) is 41.5. The van der Waals surface area contributed by atoms with E-state index in [0.29, 0.717) is 0 Å². The van der Waals surface area contributed by atoms with Gasteiger partial charge >= 0.3 is 0 Å². The lowest BCUT2D eigenvalue weighted by atomic mass is 9.95. The fourth-order valence-corrected chi connectivity index (χ4v) is 21.1. The van der Waals surface area contributed by atoms with E-state index in [1.165, 1.54) is 101 Å². The van der Waals surface area contributed by atoms with E-state index < -0.39 is 0 Å². The maximum absolute atomic E-state index is 7.07. The van der Waals surface area contributed by atoms with Gasteiger partial charge in [-0.25, -0.2) is 0 Å². The first kappa shape index (κ1) is 70.7. The quantitative estimate of drug-likeness (QED) is 0.102. The third kappa shape index (κ3) is 12.4. The Hall–Kier alpha value is -15.4. The Balaban J connectivity index is 0.541. The predicted octanol–water partition coefficient (Wildman–Crippen LogP) is 34.5. The van der Waals surface area contributed by atoms with Gasteiger partial charge in [0.05, 0.1) is 0 Å². The van der Waals surface area contributed by atoms with Crippen LogP contribution in [-0.4, -0.2) is 0 Å². The number of thiophene rings is 2. The molecule has 0 radical (unpaired) electrons. The summed E-state index contributed by atoms with van der Waals surface area (Å²) < 4.78 is 18.6. The van der Waals surface area contributed by atoms with Crippen LogP contribution in [0.4, 0.5) is 34.1 Å². The molecule has 0 fully saturated rings. The molecule has 4 aromatic heterocycles. The summed E-state index contributed by atoms with van der Waals surface area (Å²) in [5, 5.41) is 14.4. The molecule has 0 aliphatic carbocycles. The van der Waals surface area contributed by atoms with E-state index in [1.807, 2.05) is 34.8 Å². The Morgan fingerprint density at radius 1 is 0.172 bits per heavy atom. The fourth-order valence-electron chi connectivity index (χ4n) is 18.6. The second kappa shape index (κ2) is 29.3. The lowest BCUT2D eigenvalue weighted by Crippen LogP contribution is -2.10. The van der Waals surface area contributed by atoms with E-state index in [0.717, 1.165) is 139 Å². The summed E-state index contributed by atoms with van der Waals surface area (Å²) >= 11 is 3.74. The monoisotopic (exact) mass is 1590 g/mol. The zero-order valence-electron chi connectivity index (χ0n) is 66.1. The number of fused-ring (bicyclic) bond motifs is 14. The molecular weight excluding hydrogens is 1520 g/mol. The Labute approximate surface area is 712 Å². The SMILES string of the molecule is c1cc(-c2cccc(N(c3ccc(-c4ccc5ccccc5c4)cc3)c3ccc(-c4cccc5c4oc4cccc(-c6ccc7sc8c(-c9cccc(-c%10cccc(N(c%11ccc(-c%12ccc%13ccccc%13c%12)cc%11)c%11ccc(-c%12ccc%13c(c%12)oc%12ccccc%12%13)cc%11)c%10)c9)cccc8c7c6)c45)cc3)c2)cc(-c2cccc3c2sc2ccccc23)c1. The summed E-state index contributed by atoms with van der Waals surface area (Å²) in [5.74, 6) is 0. The van der Waals surface area contributed by atoms with Crippen molar-refractivity contribution in [2.45, 2.75) is 0 Å². The van der Waals surface area contributed by atoms with Gasteiger partial charge in [-0.2, -0.15) is 0 Å². The minimum atomic E-state index is 0.855. The molecule has 0 spiro atoms. The molecule has 4 heterocycles. The molecule has 0 amide bonds. The minimum Gasteiger partial charge on any atom is -0.456 e. The van der Waals surface area contributed by atoms with Crippen molar-refractivity contribution in [3.8, 4) is 100 Å². The third-order valence-corrected chi connectivity index (χ3v) is 27.1. The number of benzene rings is 20. The molecule has 24 aromatic rings. The Kier molecular flexibility index (Phi) is 17.0. The summed E-state index contributed by atoms with van der Waals surface area (Å²) in [7, 11) is 0. The minimum absolute atomic E-state index is 0.855. The van der Waals surface area contributed by atoms with Gasteiger partial charge < -0.3 is 18.6 Å². The van der Waals surface area contributed by atoms with Gasteiger partial charge in [0.25, 0.3) is 0 Å². The molecule has 0 bridgehead atoms. The van der Waals surface area contributed by atoms with Gasteiger partial charge in [-0.05, 0) is 256 Å². The molecule has 0 unspecified atom stereocenters. The van der Waals surface area contributed by atoms with Crippen LogP contribution in [0.25, 0.3) is 206 Å². The van der Waals surface area contributed by atoms with Crippen LogP contribution >= 0.6 is 22.7 Å². The molecule has 0 atom stereocenters. The molecule has 122 heavy (non-hydrogen) atoms. The highest BCUT2D eigenvalue weighted by atomic mass is 32.1. The second-order valence-electron chi connectivity index (χ2n) is 31.8. The van der Waals surface area contributed by atoms with Crippen LogP contribution in [-0.2, 0) is 0 Å². The first-order valence-corrected chi connectivity index (χ1v) is 43.2. The van der Waals surface area contributed by atoms with Crippen LogP contribution in [0.1, 0.15) is 0 Å². The number of hydrogen-bond donors (Lipinski definition) is 0. The Bertz CT molecular complexity index is 8270. The van der Waals surface area contributed by atoms with Crippen LogP contribution in [0, 0.1) is 0 Å².